The quantitative estimate of drug-likeness (QED) is 0.734. The highest BCUT2D eigenvalue weighted by molar-refractivity contribution is 7.89. The summed E-state index contributed by atoms with van der Waals surface area (Å²) in [4.78, 5) is 11.3. The van der Waals surface area contributed by atoms with Gasteiger partial charge in [-0.3, -0.25) is 0 Å². The zero-order chi connectivity index (χ0) is 12.3. The topological polar surface area (TPSA) is 63.7 Å². The van der Waals surface area contributed by atoms with Gasteiger partial charge < -0.3 is 4.74 Å². The second kappa shape index (κ2) is 4.63. The Labute approximate surface area is 94.7 Å². The number of benzene rings is 1. The molecule has 1 aromatic rings. The van der Waals surface area contributed by atoms with Crippen LogP contribution < -0.4 is 0 Å². The van der Waals surface area contributed by atoms with E-state index in [1.54, 1.807) is 12.1 Å². The van der Waals surface area contributed by atoms with Crippen LogP contribution in [0.1, 0.15) is 10.4 Å². The number of ether oxygens (including phenoxy) is 1. The largest absolute Gasteiger partial charge is 0.465 e. The van der Waals surface area contributed by atoms with Crippen molar-refractivity contribution in [3.05, 3.63) is 29.8 Å². The van der Waals surface area contributed by atoms with Crippen molar-refractivity contribution in [2.24, 2.45) is 0 Å². The van der Waals surface area contributed by atoms with E-state index in [-0.39, 0.29) is 10.5 Å². The van der Waals surface area contributed by atoms with Gasteiger partial charge in [-0.2, -0.15) is 0 Å². The van der Waals surface area contributed by atoms with Gasteiger partial charge in [-0.1, -0.05) is 12.1 Å². The van der Waals surface area contributed by atoms with E-state index in [2.05, 4.69) is 4.74 Å². The van der Waals surface area contributed by atoms with E-state index in [1.165, 1.54) is 33.3 Å². The molecule has 1 aromatic carbocycles. The lowest BCUT2D eigenvalue weighted by Crippen LogP contribution is -2.24. The monoisotopic (exact) mass is 243 g/mol. The lowest BCUT2D eigenvalue weighted by molar-refractivity contribution is 0.0596. The predicted molar refractivity (Wildman–Crippen MR) is 58.7 cm³/mol. The molecule has 0 bridgehead atoms. The highest BCUT2D eigenvalue weighted by Gasteiger charge is 2.24. The standard InChI is InChI=1S/C10H13NO4S/c1-11(2)16(13,14)9-7-5-4-6-8(9)10(12)15-3/h4-7H,1-3H3. The van der Waals surface area contributed by atoms with Crippen LogP contribution in [0.2, 0.25) is 0 Å². The maximum Gasteiger partial charge on any atom is 0.339 e. The van der Waals surface area contributed by atoms with Crippen molar-refractivity contribution >= 4 is 16.0 Å². The van der Waals surface area contributed by atoms with Gasteiger partial charge in [-0.15, -0.1) is 0 Å². The van der Waals surface area contributed by atoms with Gasteiger partial charge in [0.15, 0.2) is 0 Å². The van der Waals surface area contributed by atoms with Crippen LogP contribution in [0.25, 0.3) is 0 Å². The molecule has 0 aliphatic carbocycles. The van der Waals surface area contributed by atoms with E-state index in [9.17, 15) is 13.2 Å². The first-order valence-corrected chi connectivity index (χ1v) is 5.95. The van der Waals surface area contributed by atoms with Gasteiger partial charge in [0, 0.05) is 14.1 Å². The van der Waals surface area contributed by atoms with Gasteiger partial charge in [-0.05, 0) is 12.1 Å². The molecule has 0 amide bonds. The summed E-state index contributed by atoms with van der Waals surface area (Å²) >= 11 is 0. The van der Waals surface area contributed by atoms with Crippen molar-refractivity contribution < 1.29 is 17.9 Å². The normalized spacial score (nSPS) is 11.5. The van der Waals surface area contributed by atoms with Crippen molar-refractivity contribution in [1.29, 1.82) is 0 Å². The fourth-order valence-corrected chi connectivity index (χ4v) is 2.24. The smallest absolute Gasteiger partial charge is 0.339 e. The van der Waals surface area contributed by atoms with Crippen molar-refractivity contribution in [2.45, 2.75) is 4.90 Å². The molecule has 1 rings (SSSR count). The summed E-state index contributed by atoms with van der Waals surface area (Å²) in [5, 5.41) is 0. The zero-order valence-corrected chi connectivity index (χ0v) is 10.1. The number of rotatable bonds is 3. The molecule has 0 aliphatic heterocycles. The molecule has 0 fully saturated rings. The first-order valence-electron chi connectivity index (χ1n) is 4.51. The Hall–Kier alpha value is -1.40. The Bertz CT molecular complexity index is 493. The summed E-state index contributed by atoms with van der Waals surface area (Å²) in [5.74, 6) is -0.666. The lowest BCUT2D eigenvalue weighted by Gasteiger charge is -2.13. The molecule has 0 N–H and O–H groups in total. The van der Waals surface area contributed by atoms with Gasteiger partial charge in [0.1, 0.15) is 0 Å². The van der Waals surface area contributed by atoms with Gasteiger partial charge >= 0.3 is 5.97 Å². The van der Waals surface area contributed by atoms with Crippen molar-refractivity contribution in [1.82, 2.24) is 4.31 Å². The highest BCUT2D eigenvalue weighted by atomic mass is 32.2. The molecule has 0 radical (unpaired) electrons. The molecule has 0 aromatic heterocycles. The Morgan fingerprint density at radius 3 is 2.31 bits per heavy atom. The van der Waals surface area contributed by atoms with Crippen LogP contribution in [0.3, 0.4) is 0 Å². The van der Waals surface area contributed by atoms with E-state index in [1.807, 2.05) is 0 Å². The highest BCUT2D eigenvalue weighted by Crippen LogP contribution is 2.18. The summed E-state index contributed by atoms with van der Waals surface area (Å²) < 4.78 is 29.4. The molecule has 5 nitrogen and oxygen atoms in total. The van der Waals surface area contributed by atoms with Gasteiger partial charge in [0.2, 0.25) is 10.0 Å². The summed E-state index contributed by atoms with van der Waals surface area (Å²) in [6, 6.07) is 5.94. The molecule has 0 spiro atoms. The molecule has 0 saturated heterocycles. The molecule has 0 saturated carbocycles. The summed E-state index contributed by atoms with van der Waals surface area (Å²) in [6.07, 6.45) is 0. The molecular formula is C10H13NO4S. The molecule has 6 heteroatoms. The van der Waals surface area contributed by atoms with Crippen LogP contribution in [0.15, 0.2) is 29.2 Å². The molecule has 16 heavy (non-hydrogen) atoms. The van der Waals surface area contributed by atoms with E-state index in [0.29, 0.717) is 0 Å². The van der Waals surface area contributed by atoms with E-state index >= 15 is 0 Å². The maximum atomic E-state index is 11.9. The minimum atomic E-state index is -3.63. The number of methoxy groups -OCH3 is 1. The van der Waals surface area contributed by atoms with Gasteiger partial charge in [-0.25, -0.2) is 17.5 Å². The first-order chi connectivity index (χ1) is 7.41. The van der Waals surface area contributed by atoms with Crippen LogP contribution in [0.5, 0.6) is 0 Å². The molecular weight excluding hydrogens is 230 g/mol. The van der Waals surface area contributed by atoms with Crippen LogP contribution in [-0.2, 0) is 14.8 Å². The van der Waals surface area contributed by atoms with E-state index < -0.39 is 16.0 Å². The minimum Gasteiger partial charge on any atom is -0.465 e. The number of nitrogens with zero attached hydrogens (tertiary/aromatic N) is 1. The second-order valence-electron chi connectivity index (χ2n) is 3.28. The van der Waals surface area contributed by atoms with Gasteiger partial charge in [0.05, 0.1) is 17.6 Å². The fourth-order valence-electron chi connectivity index (χ4n) is 1.17. The molecule has 88 valence electrons. The van der Waals surface area contributed by atoms with Crippen LogP contribution in [0.4, 0.5) is 0 Å². The third kappa shape index (κ3) is 2.23. The van der Waals surface area contributed by atoms with Crippen LogP contribution in [-0.4, -0.2) is 39.9 Å². The summed E-state index contributed by atoms with van der Waals surface area (Å²) in [5.41, 5.74) is 0.0405. The number of carbonyl (C=O) groups is 1. The number of hydrogen-bond donors (Lipinski definition) is 0. The average molecular weight is 243 g/mol. The third-order valence-corrected chi connectivity index (χ3v) is 3.92. The molecule has 0 aliphatic rings. The molecule has 0 heterocycles. The predicted octanol–water partition coefficient (Wildman–Crippen LogP) is 0.724. The SMILES string of the molecule is COC(=O)c1ccccc1S(=O)(=O)N(C)C. The third-order valence-electron chi connectivity index (χ3n) is 2.05. The van der Waals surface area contributed by atoms with Crippen molar-refractivity contribution in [3.8, 4) is 0 Å². The number of sulfonamides is 1. The van der Waals surface area contributed by atoms with E-state index in [4.69, 9.17) is 0 Å². The van der Waals surface area contributed by atoms with Gasteiger partial charge in [0.25, 0.3) is 0 Å². The summed E-state index contributed by atoms with van der Waals surface area (Å²) in [6.45, 7) is 0. The number of hydrogen-bond acceptors (Lipinski definition) is 4. The van der Waals surface area contributed by atoms with E-state index in [0.717, 1.165) is 4.31 Å². The lowest BCUT2D eigenvalue weighted by atomic mass is 10.2. The zero-order valence-electron chi connectivity index (χ0n) is 9.30. The maximum absolute atomic E-state index is 11.9. The van der Waals surface area contributed by atoms with Crippen LogP contribution in [0, 0.1) is 0 Å². The summed E-state index contributed by atoms with van der Waals surface area (Å²) in [7, 11) is 0.392. The van der Waals surface area contributed by atoms with Crippen molar-refractivity contribution in [3.63, 3.8) is 0 Å². The Morgan fingerprint density at radius 1 is 1.25 bits per heavy atom. The minimum absolute atomic E-state index is 0.0405. The first kappa shape index (κ1) is 12.7. The fraction of sp³-hybridized carbons (Fsp3) is 0.300. The Kier molecular flexibility index (Phi) is 3.66. The Morgan fingerprint density at radius 2 is 1.81 bits per heavy atom. The Balaban J connectivity index is 3.41. The van der Waals surface area contributed by atoms with Crippen LogP contribution >= 0.6 is 0 Å². The molecule has 0 atom stereocenters. The second-order valence-corrected chi connectivity index (χ2v) is 5.40. The molecule has 0 unspecified atom stereocenters. The number of carbonyl (C=O) groups excluding carboxylic acids is 1. The number of esters is 1. The van der Waals surface area contributed by atoms with Crippen molar-refractivity contribution in [2.75, 3.05) is 21.2 Å². The average Bonchev–Trinajstić information content (AvgIpc) is 2.27.